The first-order chi connectivity index (χ1) is 14.7. The van der Waals surface area contributed by atoms with Gasteiger partial charge in [-0.1, -0.05) is 37.1 Å². The molecule has 4 nitrogen and oxygen atoms in total. The van der Waals surface area contributed by atoms with Crippen LogP contribution in [0.25, 0.3) is 0 Å². The van der Waals surface area contributed by atoms with Crippen LogP contribution in [0.5, 0.6) is 5.75 Å². The van der Waals surface area contributed by atoms with E-state index in [1.807, 2.05) is 35.2 Å². The fraction of sp³-hybridized carbons (Fsp3) is 0.280. The number of hydrogen-bond donors (Lipinski definition) is 0. The van der Waals surface area contributed by atoms with Crippen molar-refractivity contribution in [1.29, 1.82) is 0 Å². The summed E-state index contributed by atoms with van der Waals surface area (Å²) < 4.78 is 19.0. The Morgan fingerprint density at radius 2 is 1.83 bits per heavy atom. The highest BCUT2D eigenvalue weighted by molar-refractivity contribution is 5.94. The smallest absolute Gasteiger partial charge is 0.255 e. The molecule has 1 amide bonds. The summed E-state index contributed by atoms with van der Waals surface area (Å²) in [5.41, 5.74) is 2.55. The van der Waals surface area contributed by atoms with Crippen LogP contribution in [-0.4, -0.2) is 21.8 Å². The van der Waals surface area contributed by atoms with Crippen LogP contribution in [-0.2, 0) is 13.2 Å². The van der Waals surface area contributed by atoms with Gasteiger partial charge in [-0.15, -0.1) is 0 Å². The summed E-state index contributed by atoms with van der Waals surface area (Å²) in [6, 6.07) is 18.0. The summed E-state index contributed by atoms with van der Waals surface area (Å²) >= 11 is 0. The van der Waals surface area contributed by atoms with Crippen LogP contribution in [0.4, 0.5) is 4.39 Å². The molecule has 2 aromatic carbocycles. The topological polar surface area (TPSA) is 42.4 Å². The van der Waals surface area contributed by atoms with E-state index in [1.54, 1.807) is 30.6 Å². The lowest BCUT2D eigenvalue weighted by Gasteiger charge is -2.29. The Hall–Kier alpha value is -3.21. The summed E-state index contributed by atoms with van der Waals surface area (Å²) in [7, 11) is 0. The largest absolute Gasteiger partial charge is 0.489 e. The van der Waals surface area contributed by atoms with E-state index in [2.05, 4.69) is 4.98 Å². The van der Waals surface area contributed by atoms with Gasteiger partial charge in [-0.3, -0.25) is 9.78 Å². The first-order valence-corrected chi connectivity index (χ1v) is 10.4. The number of ether oxygens (including phenoxy) is 1. The van der Waals surface area contributed by atoms with Gasteiger partial charge < -0.3 is 9.64 Å². The molecule has 30 heavy (non-hydrogen) atoms. The number of nitrogens with zero attached hydrogens (tertiary/aromatic N) is 2. The summed E-state index contributed by atoms with van der Waals surface area (Å²) in [5.74, 6) is 0.496. The minimum atomic E-state index is -0.258. The third-order valence-electron chi connectivity index (χ3n) is 5.50. The van der Waals surface area contributed by atoms with Crippen molar-refractivity contribution < 1.29 is 13.9 Å². The Morgan fingerprint density at radius 3 is 2.57 bits per heavy atom. The lowest BCUT2D eigenvalue weighted by atomic mass is 10.1. The fourth-order valence-electron chi connectivity index (χ4n) is 3.92. The molecule has 0 spiro atoms. The second-order valence-corrected chi connectivity index (χ2v) is 7.68. The van der Waals surface area contributed by atoms with Crippen molar-refractivity contribution >= 4 is 5.91 Å². The Kier molecular flexibility index (Phi) is 6.38. The van der Waals surface area contributed by atoms with Gasteiger partial charge in [-0.05, 0) is 60.4 Å². The molecule has 1 fully saturated rings. The van der Waals surface area contributed by atoms with Crippen LogP contribution in [0.2, 0.25) is 0 Å². The number of aromatic nitrogens is 1. The molecule has 1 aliphatic rings. The van der Waals surface area contributed by atoms with Crippen molar-refractivity contribution in [3.05, 3.63) is 95.6 Å². The van der Waals surface area contributed by atoms with E-state index in [4.69, 9.17) is 4.74 Å². The highest BCUT2D eigenvalue weighted by Crippen LogP contribution is 2.27. The van der Waals surface area contributed by atoms with Gasteiger partial charge >= 0.3 is 0 Å². The summed E-state index contributed by atoms with van der Waals surface area (Å²) in [4.78, 5) is 19.3. The van der Waals surface area contributed by atoms with Crippen LogP contribution in [0.3, 0.4) is 0 Å². The van der Waals surface area contributed by atoms with Crippen molar-refractivity contribution in [2.75, 3.05) is 0 Å². The molecule has 0 radical (unpaired) electrons. The molecule has 0 saturated heterocycles. The predicted octanol–water partition coefficient (Wildman–Crippen LogP) is 5.38. The van der Waals surface area contributed by atoms with E-state index >= 15 is 0 Å². The van der Waals surface area contributed by atoms with Crippen molar-refractivity contribution in [3.8, 4) is 5.75 Å². The zero-order valence-electron chi connectivity index (χ0n) is 16.8. The van der Waals surface area contributed by atoms with Gasteiger partial charge in [0.1, 0.15) is 18.2 Å². The molecule has 4 rings (SSSR count). The van der Waals surface area contributed by atoms with Gasteiger partial charge in [0.2, 0.25) is 0 Å². The standard InChI is InChI=1S/C25H25FN2O2/c26-22-12-10-19(11-13-22)18-30-24-9-3-5-20(15-24)17-28(23-7-1-2-8-23)25(29)21-6-4-14-27-16-21/h3-6,9-16,23H,1-2,7-8,17-18H2. The minimum absolute atomic E-state index is 0.0210. The zero-order valence-corrected chi connectivity index (χ0v) is 16.8. The van der Waals surface area contributed by atoms with Crippen LogP contribution in [0, 0.1) is 5.82 Å². The lowest BCUT2D eigenvalue weighted by Crippen LogP contribution is -2.38. The Balaban J connectivity index is 1.48. The molecular weight excluding hydrogens is 379 g/mol. The average Bonchev–Trinajstić information content (AvgIpc) is 3.32. The fourth-order valence-corrected chi connectivity index (χ4v) is 3.92. The normalized spacial score (nSPS) is 13.9. The number of halogens is 1. The monoisotopic (exact) mass is 404 g/mol. The summed E-state index contributed by atoms with van der Waals surface area (Å²) in [6.45, 7) is 0.900. The molecule has 0 bridgehead atoms. The van der Waals surface area contributed by atoms with Crippen LogP contribution >= 0.6 is 0 Å². The number of benzene rings is 2. The molecule has 5 heteroatoms. The van der Waals surface area contributed by atoms with Crippen LogP contribution in [0.15, 0.2) is 73.1 Å². The van der Waals surface area contributed by atoms with Gasteiger partial charge in [0.15, 0.2) is 0 Å². The van der Waals surface area contributed by atoms with Crippen molar-refractivity contribution in [3.63, 3.8) is 0 Å². The van der Waals surface area contributed by atoms with Gasteiger partial charge in [0.05, 0.1) is 5.56 Å². The maximum atomic E-state index is 13.2. The molecular formula is C25H25FN2O2. The van der Waals surface area contributed by atoms with Crippen molar-refractivity contribution in [1.82, 2.24) is 9.88 Å². The molecule has 1 aliphatic carbocycles. The number of carbonyl (C=O) groups excluding carboxylic acids is 1. The van der Waals surface area contributed by atoms with E-state index in [0.29, 0.717) is 18.7 Å². The highest BCUT2D eigenvalue weighted by Gasteiger charge is 2.27. The minimum Gasteiger partial charge on any atom is -0.489 e. The first kappa shape index (κ1) is 20.1. The number of rotatable bonds is 7. The number of amides is 1. The van der Waals surface area contributed by atoms with Crippen molar-refractivity contribution in [2.45, 2.75) is 44.9 Å². The second kappa shape index (κ2) is 9.53. The maximum Gasteiger partial charge on any atom is 0.255 e. The number of pyridine rings is 1. The zero-order chi connectivity index (χ0) is 20.8. The summed E-state index contributed by atoms with van der Waals surface area (Å²) in [5, 5.41) is 0. The van der Waals surface area contributed by atoms with E-state index in [0.717, 1.165) is 42.6 Å². The third kappa shape index (κ3) is 5.03. The quantitative estimate of drug-likeness (QED) is 0.531. The molecule has 1 aromatic heterocycles. The Bertz CT molecular complexity index is 970. The third-order valence-corrected chi connectivity index (χ3v) is 5.50. The van der Waals surface area contributed by atoms with Crippen LogP contribution in [0.1, 0.15) is 47.2 Å². The van der Waals surface area contributed by atoms with Gasteiger partial charge in [0.25, 0.3) is 5.91 Å². The summed E-state index contributed by atoms with van der Waals surface area (Å²) in [6.07, 6.45) is 7.69. The van der Waals surface area contributed by atoms with Crippen LogP contribution < -0.4 is 4.74 Å². The predicted molar refractivity (Wildman–Crippen MR) is 114 cm³/mol. The van der Waals surface area contributed by atoms with Crippen molar-refractivity contribution in [2.24, 2.45) is 0 Å². The molecule has 0 atom stereocenters. The molecule has 1 heterocycles. The van der Waals surface area contributed by atoms with Gasteiger partial charge in [0, 0.05) is 25.0 Å². The molecule has 1 saturated carbocycles. The number of hydrogen-bond acceptors (Lipinski definition) is 3. The van der Waals surface area contributed by atoms with E-state index in [-0.39, 0.29) is 17.8 Å². The van der Waals surface area contributed by atoms with E-state index in [1.165, 1.54) is 12.1 Å². The number of carbonyl (C=O) groups is 1. The molecule has 0 N–H and O–H groups in total. The van der Waals surface area contributed by atoms with E-state index < -0.39 is 0 Å². The van der Waals surface area contributed by atoms with Gasteiger partial charge in [-0.2, -0.15) is 0 Å². The Labute approximate surface area is 176 Å². The Morgan fingerprint density at radius 1 is 1.03 bits per heavy atom. The average molecular weight is 404 g/mol. The van der Waals surface area contributed by atoms with E-state index in [9.17, 15) is 9.18 Å². The lowest BCUT2D eigenvalue weighted by molar-refractivity contribution is 0.0664. The molecule has 0 unspecified atom stereocenters. The van der Waals surface area contributed by atoms with Gasteiger partial charge in [-0.25, -0.2) is 4.39 Å². The molecule has 154 valence electrons. The molecule has 0 aliphatic heterocycles. The highest BCUT2D eigenvalue weighted by atomic mass is 19.1. The maximum absolute atomic E-state index is 13.2. The molecule has 3 aromatic rings. The SMILES string of the molecule is O=C(c1cccnc1)N(Cc1cccc(OCc2ccc(F)cc2)c1)C1CCCC1. The second-order valence-electron chi connectivity index (χ2n) is 7.68. The first-order valence-electron chi connectivity index (χ1n) is 10.4.